The van der Waals surface area contributed by atoms with E-state index >= 15 is 0 Å². The lowest BCUT2D eigenvalue weighted by atomic mass is 9.88. The first-order valence-corrected chi connectivity index (χ1v) is 9.82. The molecule has 5 heteroatoms. The van der Waals surface area contributed by atoms with Crippen LogP contribution in [0.15, 0.2) is 88.1 Å². The summed E-state index contributed by atoms with van der Waals surface area (Å²) in [6, 6.07) is 22.2. The van der Waals surface area contributed by atoms with Crippen molar-refractivity contribution in [1.82, 2.24) is 0 Å². The van der Waals surface area contributed by atoms with Gasteiger partial charge in [0.15, 0.2) is 0 Å². The van der Waals surface area contributed by atoms with Crippen LogP contribution in [0.1, 0.15) is 22.6 Å². The Morgan fingerprint density at radius 1 is 0.793 bits per heavy atom. The van der Waals surface area contributed by atoms with E-state index in [1.807, 2.05) is 72.8 Å². The highest BCUT2D eigenvalue weighted by atomic mass is 35.5. The lowest BCUT2D eigenvalue weighted by Gasteiger charge is -2.25. The van der Waals surface area contributed by atoms with Gasteiger partial charge < -0.3 is 9.15 Å². The number of benzene rings is 3. The Labute approximate surface area is 176 Å². The molecule has 1 atom stereocenters. The summed E-state index contributed by atoms with van der Waals surface area (Å²) < 4.78 is 11.8. The summed E-state index contributed by atoms with van der Waals surface area (Å²) in [5.41, 5.74) is 2.35. The Hall–Kier alpha value is -3.01. The molecule has 5 rings (SSSR count). The van der Waals surface area contributed by atoms with E-state index in [1.165, 1.54) is 0 Å². The van der Waals surface area contributed by atoms with Crippen LogP contribution < -0.4 is 10.4 Å². The second kappa shape index (κ2) is 7.11. The standard InChI is InChI=1S/C24H14Cl2O3/c25-16-9-5-14(6-10-16)19-13-21(15-7-11-17(26)12-8-15)28-23-18-3-1-2-4-20(18)29-24(27)22(19)23/h1-13,19H. The summed E-state index contributed by atoms with van der Waals surface area (Å²) in [7, 11) is 0. The Morgan fingerprint density at radius 2 is 1.45 bits per heavy atom. The molecule has 0 saturated heterocycles. The molecule has 1 unspecified atom stereocenters. The second-order valence-electron chi connectivity index (χ2n) is 6.80. The van der Waals surface area contributed by atoms with Crippen molar-refractivity contribution in [2.24, 2.45) is 0 Å². The minimum atomic E-state index is -0.412. The molecule has 0 radical (unpaired) electrons. The third kappa shape index (κ3) is 3.23. The molecule has 0 bridgehead atoms. The number of hydrogen-bond donors (Lipinski definition) is 0. The van der Waals surface area contributed by atoms with Crippen molar-refractivity contribution in [2.45, 2.75) is 5.92 Å². The fourth-order valence-corrected chi connectivity index (χ4v) is 3.85. The fraction of sp³-hybridized carbons (Fsp3) is 0.0417. The van der Waals surface area contributed by atoms with Crippen LogP contribution in [0, 0.1) is 0 Å². The number of fused-ring (bicyclic) bond motifs is 3. The molecule has 1 aliphatic heterocycles. The maximum Gasteiger partial charge on any atom is 0.344 e. The Morgan fingerprint density at radius 3 is 2.17 bits per heavy atom. The zero-order chi connectivity index (χ0) is 20.0. The molecule has 0 spiro atoms. The van der Waals surface area contributed by atoms with Crippen molar-refractivity contribution in [2.75, 3.05) is 0 Å². The molecule has 3 aromatic carbocycles. The van der Waals surface area contributed by atoms with E-state index in [9.17, 15) is 4.79 Å². The smallest absolute Gasteiger partial charge is 0.344 e. The summed E-state index contributed by atoms with van der Waals surface area (Å²) in [5.74, 6) is 0.844. The molecule has 4 aromatic rings. The second-order valence-corrected chi connectivity index (χ2v) is 7.67. The number of para-hydroxylation sites is 1. The molecular formula is C24H14Cl2O3. The van der Waals surface area contributed by atoms with E-state index in [4.69, 9.17) is 32.4 Å². The van der Waals surface area contributed by atoms with Crippen LogP contribution in [0.3, 0.4) is 0 Å². The largest absolute Gasteiger partial charge is 0.456 e. The fourth-order valence-electron chi connectivity index (χ4n) is 3.60. The molecule has 1 aromatic heterocycles. The van der Waals surface area contributed by atoms with Crippen molar-refractivity contribution < 1.29 is 9.15 Å². The molecule has 0 fully saturated rings. The van der Waals surface area contributed by atoms with Crippen LogP contribution >= 0.6 is 23.2 Å². The molecule has 0 amide bonds. The highest BCUT2D eigenvalue weighted by molar-refractivity contribution is 6.30. The van der Waals surface area contributed by atoms with Gasteiger partial charge >= 0.3 is 5.63 Å². The molecule has 29 heavy (non-hydrogen) atoms. The van der Waals surface area contributed by atoms with E-state index in [1.54, 1.807) is 6.07 Å². The summed E-state index contributed by atoms with van der Waals surface area (Å²) >= 11 is 12.1. The topological polar surface area (TPSA) is 39.4 Å². The number of hydrogen-bond acceptors (Lipinski definition) is 3. The van der Waals surface area contributed by atoms with Gasteiger partial charge in [0.1, 0.15) is 17.1 Å². The maximum atomic E-state index is 12.9. The minimum Gasteiger partial charge on any atom is -0.456 e. The van der Waals surface area contributed by atoms with E-state index in [0.717, 1.165) is 16.5 Å². The van der Waals surface area contributed by atoms with Gasteiger partial charge in [-0.15, -0.1) is 0 Å². The molecule has 2 heterocycles. The van der Waals surface area contributed by atoms with Gasteiger partial charge in [0.05, 0.1) is 10.9 Å². The Balaban J connectivity index is 1.77. The highest BCUT2D eigenvalue weighted by Crippen LogP contribution is 2.43. The van der Waals surface area contributed by atoms with Gasteiger partial charge in [-0.1, -0.05) is 47.5 Å². The maximum absolute atomic E-state index is 12.9. The number of allylic oxidation sites excluding steroid dienone is 1. The lowest BCUT2D eigenvalue weighted by molar-refractivity contribution is 0.472. The predicted molar refractivity (Wildman–Crippen MR) is 116 cm³/mol. The average molecular weight is 421 g/mol. The summed E-state index contributed by atoms with van der Waals surface area (Å²) in [6.07, 6.45) is 1.93. The first kappa shape index (κ1) is 18.0. The first-order valence-electron chi connectivity index (χ1n) is 9.07. The molecule has 0 saturated carbocycles. The van der Waals surface area contributed by atoms with Crippen LogP contribution in [-0.2, 0) is 0 Å². The van der Waals surface area contributed by atoms with Crippen LogP contribution in [0.25, 0.3) is 16.7 Å². The van der Waals surface area contributed by atoms with Gasteiger partial charge in [-0.25, -0.2) is 4.79 Å². The first-order chi connectivity index (χ1) is 14.1. The van der Waals surface area contributed by atoms with Gasteiger partial charge in [-0.2, -0.15) is 0 Å². The molecule has 1 aliphatic rings. The summed E-state index contributed by atoms with van der Waals surface area (Å²) in [5, 5.41) is 2.03. The lowest BCUT2D eigenvalue weighted by Crippen LogP contribution is -2.19. The third-order valence-corrected chi connectivity index (χ3v) is 5.50. The molecule has 0 N–H and O–H groups in total. The van der Waals surface area contributed by atoms with Gasteiger partial charge in [0.25, 0.3) is 0 Å². The molecule has 0 aliphatic carbocycles. The van der Waals surface area contributed by atoms with Crippen LogP contribution in [-0.4, -0.2) is 0 Å². The van der Waals surface area contributed by atoms with Gasteiger partial charge in [0, 0.05) is 21.5 Å². The quantitative estimate of drug-likeness (QED) is 0.340. The highest BCUT2D eigenvalue weighted by Gasteiger charge is 2.30. The molecular weight excluding hydrogens is 407 g/mol. The molecule has 142 valence electrons. The van der Waals surface area contributed by atoms with Gasteiger partial charge in [0.2, 0.25) is 0 Å². The van der Waals surface area contributed by atoms with Gasteiger partial charge in [-0.05, 0) is 60.2 Å². The monoisotopic (exact) mass is 420 g/mol. The summed E-state index contributed by atoms with van der Waals surface area (Å²) in [4.78, 5) is 12.9. The Kier molecular flexibility index (Phi) is 4.42. The average Bonchev–Trinajstić information content (AvgIpc) is 2.74. The molecule has 3 nitrogen and oxygen atoms in total. The summed E-state index contributed by atoms with van der Waals surface area (Å²) in [6.45, 7) is 0. The predicted octanol–water partition coefficient (Wildman–Crippen LogP) is 6.67. The van der Waals surface area contributed by atoms with E-state index in [-0.39, 0.29) is 5.92 Å². The number of rotatable bonds is 2. The van der Waals surface area contributed by atoms with Crippen molar-refractivity contribution in [3.05, 3.63) is 116 Å². The zero-order valence-electron chi connectivity index (χ0n) is 15.1. The SMILES string of the molecule is O=c1oc2ccccc2c2c1C(c1ccc(Cl)cc1)C=C(c1ccc(Cl)cc1)O2. The van der Waals surface area contributed by atoms with Crippen molar-refractivity contribution in [1.29, 1.82) is 0 Å². The minimum absolute atomic E-state index is 0.331. The van der Waals surface area contributed by atoms with Crippen LogP contribution in [0.5, 0.6) is 5.75 Å². The van der Waals surface area contributed by atoms with E-state index in [2.05, 4.69) is 0 Å². The van der Waals surface area contributed by atoms with Crippen LogP contribution in [0.2, 0.25) is 10.0 Å². The van der Waals surface area contributed by atoms with Crippen molar-refractivity contribution >= 4 is 39.9 Å². The Bertz CT molecular complexity index is 1300. The third-order valence-electron chi connectivity index (χ3n) is 5.00. The zero-order valence-corrected chi connectivity index (χ0v) is 16.6. The van der Waals surface area contributed by atoms with E-state index < -0.39 is 5.63 Å². The number of ether oxygens (including phenoxy) is 1. The normalized spacial score (nSPS) is 15.5. The number of halogens is 2. The van der Waals surface area contributed by atoms with Gasteiger partial charge in [-0.3, -0.25) is 0 Å². The van der Waals surface area contributed by atoms with Crippen LogP contribution in [0.4, 0.5) is 0 Å². The van der Waals surface area contributed by atoms with Crippen molar-refractivity contribution in [3.63, 3.8) is 0 Å². The van der Waals surface area contributed by atoms with E-state index in [0.29, 0.717) is 32.7 Å². The van der Waals surface area contributed by atoms with Crippen molar-refractivity contribution in [3.8, 4) is 5.75 Å².